The lowest BCUT2D eigenvalue weighted by molar-refractivity contribution is -0.110. The molecule has 4 aliphatic rings. The zero-order valence-electron chi connectivity index (χ0n) is 35.0. The van der Waals surface area contributed by atoms with Crippen molar-refractivity contribution in [2.75, 3.05) is 62.2 Å². The van der Waals surface area contributed by atoms with Gasteiger partial charge in [0.15, 0.2) is 11.6 Å². The van der Waals surface area contributed by atoms with Crippen LogP contribution in [0.25, 0.3) is 32.9 Å². The number of hydrogen-bond donors (Lipinski definition) is 2. The lowest BCUT2D eigenvalue weighted by atomic mass is 9.85. The van der Waals surface area contributed by atoms with Crippen LogP contribution in [0.2, 0.25) is 0 Å². The fraction of sp³-hybridized carbons (Fsp3) is 0.511. The molecule has 12 nitrogen and oxygen atoms in total. The van der Waals surface area contributed by atoms with Gasteiger partial charge in [0, 0.05) is 68.0 Å². The molecule has 7 heterocycles. The quantitative estimate of drug-likeness (QED) is 0.0902. The van der Waals surface area contributed by atoms with Crippen molar-refractivity contribution in [2.45, 2.75) is 83.2 Å². The first kappa shape index (κ1) is 41.0. The fourth-order valence-electron chi connectivity index (χ4n) is 10.1. The minimum atomic E-state index is -0.727. The average Bonchev–Trinajstić information content (AvgIpc) is 3.89. The highest BCUT2D eigenvalue weighted by atomic mass is 19.1. The number of carbonyl (C=O) groups excluding carboxylic acids is 1. The molecule has 320 valence electrons. The zero-order valence-corrected chi connectivity index (χ0v) is 35.0. The number of phenols is 1. The van der Waals surface area contributed by atoms with Crippen molar-refractivity contribution >= 4 is 39.6 Å². The van der Waals surface area contributed by atoms with Gasteiger partial charge in [0.25, 0.3) is 0 Å². The second-order valence-corrected chi connectivity index (χ2v) is 17.8. The van der Waals surface area contributed by atoms with Crippen molar-refractivity contribution in [3.8, 4) is 35.4 Å². The molecular formula is C47H54F2N8O4. The van der Waals surface area contributed by atoms with E-state index in [1.54, 1.807) is 6.20 Å². The Hall–Kier alpha value is -5.39. The summed E-state index contributed by atoms with van der Waals surface area (Å²) < 4.78 is 43.7. The zero-order chi connectivity index (χ0) is 42.2. The number of piperazine rings is 1. The molecule has 4 fully saturated rings. The van der Waals surface area contributed by atoms with Crippen LogP contribution in [0.4, 0.5) is 20.4 Å². The van der Waals surface area contributed by atoms with Crippen molar-refractivity contribution in [1.82, 2.24) is 30.3 Å². The van der Waals surface area contributed by atoms with Gasteiger partial charge in [-0.2, -0.15) is 9.97 Å². The number of aromatic nitrogens is 4. The van der Waals surface area contributed by atoms with Gasteiger partial charge in [-0.05, 0) is 93.0 Å². The van der Waals surface area contributed by atoms with E-state index in [9.17, 15) is 14.3 Å². The Kier molecular flexibility index (Phi) is 11.8. The van der Waals surface area contributed by atoms with E-state index >= 15 is 4.39 Å². The third-order valence-corrected chi connectivity index (χ3v) is 13.6. The van der Waals surface area contributed by atoms with Gasteiger partial charge in [0.2, 0.25) is 0 Å². The molecule has 14 heteroatoms. The number of pyridine rings is 1. The van der Waals surface area contributed by atoms with Crippen LogP contribution < -0.4 is 19.9 Å². The monoisotopic (exact) mass is 832 g/mol. The summed E-state index contributed by atoms with van der Waals surface area (Å²) in [5.41, 5.74) is 0.0812. The molecule has 0 aliphatic carbocycles. The molecule has 3 aromatic heterocycles. The molecule has 2 bridgehead atoms. The third-order valence-electron chi connectivity index (χ3n) is 13.6. The third kappa shape index (κ3) is 8.47. The standard InChI is InChI=1S/C47H54F2N8O4/c1-4-35-39(48)10-7-31-21-34(59)22-36(42(31)35)44-43(49)45-37(24-50-44)46(57-25-32-8-9-33(26-57)51-32)53-47(52-45)60-20-19-55-15-11-29(12-16-55)5-6-30-13-17-56(18-14-30)41-23-40(61-54-41)38(27-58)28(2)3/h1,7,10,21-24,27-30,32-33,38,51,59H,5-6,8-9,11-20,25-26H2,2-3H3. The van der Waals surface area contributed by atoms with Crippen LogP contribution in [0.15, 0.2) is 41.1 Å². The summed E-state index contributed by atoms with van der Waals surface area (Å²) in [6.07, 6.45) is 17.4. The Balaban J connectivity index is 0.837. The van der Waals surface area contributed by atoms with Crippen LogP contribution in [0.5, 0.6) is 11.8 Å². The molecule has 0 amide bonds. The number of nitrogens with one attached hydrogen (secondary N) is 1. The Labute approximate surface area is 355 Å². The summed E-state index contributed by atoms with van der Waals surface area (Å²) in [7, 11) is 0. The molecule has 0 radical (unpaired) electrons. The number of rotatable bonds is 13. The highest BCUT2D eigenvalue weighted by Crippen LogP contribution is 2.40. The van der Waals surface area contributed by atoms with Crippen molar-refractivity contribution in [3.63, 3.8) is 0 Å². The molecule has 5 aromatic rings. The Morgan fingerprint density at radius 3 is 2.39 bits per heavy atom. The van der Waals surface area contributed by atoms with Gasteiger partial charge in [0.05, 0.1) is 16.9 Å². The molecule has 61 heavy (non-hydrogen) atoms. The SMILES string of the molecule is C#Cc1c(F)ccc2cc(O)cc(-c3ncc4c(N5CC6CCC(C5)N6)nc(OCCN5CCC(CCC6CCN(c7cc(C(C=O)C(C)C)on7)CC6)CC5)nc4c3F)c12. The molecule has 4 saturated heterocycles. The maximum absolute atomic E-state index is 16.9. The normalized spacial score (nSPS) is 20.8. The highest BCUT2D eigenvalue weighted by Gasteiger charge is 2.35. The first-order valence-corrected chi connectivity index (χ1v) is 22.0. The number of aldehydes is 1. The molecule has 2 N–H and O–H groups in total. The largest absolute Gasteiger partial charge is 0.508 e. The first-order valence-electron chi connectivity index (χ1n) is 22.0. The van der Waals surface area contributed by atoms with Crippen LogP contribution in [-0.4, -0.2) is 101 Å². The number of piperidine rings is 2. The number of aromatic hydroxyl groups is 1. The average molecular weight is 833 g/mol. The summed E-state index contributed by atoms with van der Waals surface area (Å²) in [6.45, 7) is 10.4. The predicted molar refractivity (Wildman–Crippen MR) is 231 cm³/mol. The van der Waals surface area contributed by atoms with Gasteiger partial charge in [-0.25, -0.2) is 8.78 Å². The van der Waals surface area contributed by atoms with E-state index in [1.165, 1.54) is 37.1 Å². The molecule has 0 spiro atoms. The number of hydrogen-bond acceptors (Lipinski definition) is 12. The van der Waals surface area contributed by atoms with E-state index in [0.29, 0.717) is 72.5 Å². The fourth-order valence-corrected chi connectivity index (χ4v) is 10.1. The van der Waals surface area contributed by atoms with Crippen molar-refractivity contribution < 1.29 is 27.9 Å². The highest BCUT2D eigenvalue weighted by molar-refractivity contribution is 6.03. The summed E-state index contributed by atoms with van der Waals surface area (Å²) in [4.78, 5) is 32.5. The second-order valence-electron chi connectivity index (χ2n) is 17.8. The molecular weight excluding hydrogens is 779 g/mol. The van der Waals surface area contributed by atoms with Crippen molar-refractivity contribution in [1.29, 1.82) is 0 Å². The summed E-state index contributed by atoms with van der Waals surface area (Å²) >= 11 is 0. The van der Waals surface area contributed by atoms with E-state index in [-0.39, 0.29) is 51.3 Å². The minimum Gasteiger partial charge on any atom is -0.508 e. The number of benzene rings is 2. The maximum atomic E-state index is 16.9. The second kappa shape index (κ2) is 17.5. The van der Waals surface area contributed by atoms with Crippen LogP contribution >= 0.6 is 0 Å². The van der Waals surface area contributed by atoms with E-state index in [0.717, 1.165) is 76.8 Å². The number of ether oxygens (including phenoxy) is 1. The van der Waals surface area contributed by atoms with Crippen LogP contribution in [0.1, 0.15) is 82.5 Å². The topological polar surface area (TPSA) is 133 Å². The van der Waals surface area contributed by atoms with Gasteiger partial charge in [-0.3, -0.25) is 9.88 Å². The van der Waals surface area contributed by atoms with Crippen LogP contribution in [0, 0.1) is 41.7 Å². The number of anilines is 2. The molecule has 0 saturated carbocycles. The maximum Gasteiger partial charge on any atom is 0.319 e. The summed E-state index contributed by atoms with van der Waals surface area (Å²) in [6, 6.07) is 8.21. The lowest BCUT2D eigenvalue weighted by Crippen LogP contribution is -2.51. The minimum absolute atomic E-state index is 0.0330. The molecule has 4 aliphatic heterocycles. The molecule has 2 aromatic carbocycles. The summed E-state index contributed by atoms with van der Waals surface area (Å²) in [5, 5.41) is 19.8. The van der Waals surface area contributed by atoms with E-state index < -0.39 is 11.6 Å². The summed E-state index contributed by atoms with van der Waals surface area (Å²) in [5.74, 6) is 4.30. The number of carbonyl (C=O) groups is 1. The number of phenolic OH excluding ortho intramolecular Hbond substituents is 1. The number of nitrogens with zero attached hydrogens (tertiary/aromatic N) is 7. The van der Waals surface area contributed by atoms with Gasteiger partial charge >= 0.3 is 6.01 Å². The predicted octanol–water partition coefficient (Wildman–Crippen LogP) is 7.46. The molecule has 3 unspecified atom stereocenters. The van der Waals surface area contributed by atoms with Crippen LogP contribution in [0.3, 0.4) is 0 Å². The van der Waals surface area contributed by atoms with E-state index in [4.69, 9.17) is 20.7 Å². The molecule has 9 rings (SSSR count). The van der Waals surface area contributed by atoms with E-state index in [2.05, 4.69) is 41.1 Å². The van der Waals surface area contributed by atoms with Gasteiger partial charge < -0.3 is 34.3 Å². The number of halogens is 2. The smallest absolute Gasteiger partial charge is 0.319 e. The van der Waals surface area contributed by atoms with Gasteiger partial charge in [-0.1, -0.05) is 43.8 Å². The number of fused-ring (bicyclic) bond motifs is 4. The van der Waals surface area contributed by atoms with Crippen molar-refractivity contribution in [2.24, 2.45) is 17.8 Å². The van der Waals surface area contributed by atoms with Gasteiger partial charge in [-0.15, -0.1) is 6.42 Å². The first-order chi connectivity index (χ1) is 29.6. The Morgan fingerprint density at radius 1 is 0.984 bits per heavy atom. The van der Waals surface area contributed by atoms with E-state index in [1.807, 2.05) is 19.9 Å². The number of terminal acetylenes is 1. The van der Waals surface area contributed by atoms with Crippen molar-refractivity contribution in [3.05, 3.63) is 59.5 Å². The Morgan fingerprint density at radius 2 is 1.70 bits per heavy atom. The lowest BCUT2D eigenvalue weighted by Gasteiger charge is -2.35. The van der Waals surface area contributed by atoms with Crippen LogP contribution in [-0.2, 0) is 4.79 Å². The Bertz CT molecular complexity index is 2430. The molecule has 3 atom stereocenters. The number of likely N-dealkylation sites (tertiary alicyclic amines) is 1. The van der Waals surface area contributed by atoms with Gasteiger partial charge in [0.1, 0.15) is 47.2 Å².